The van der Waals surface area contributed by atoms with Crippen LogP contribution in [0.4, 0.5) is 0 Å². The molecule has 0 spiro atoms. The summed E-state index contributed by atoms with van der Waals surface area (Å²) in [6, 6.07) is 3.89. The van der Waals surface area contributed by atoms with E-state index in [0.29, 0.717) is 0 Å². The molecule has 1 aromatic heterocycles. The Morgan fingerprint density at radius 1 is 1.18 bits per heavy atom. The summed E-state index contributed by atoms with van der Waals surface area (Å²) in [7, 11) is 0. The number of aliphatic imine (C=N–C) groups is 1. The Kier molecular flexibility index (Phi) is 6.08. The first-order valence-electron chi connectivity index (χ1n) is 3.29. The van der Waals surface area contributed by atoms with Crippen LogP contribution in [0.3, 0.4) is 0 Å². The Morgan fingerprint density at radius 2 is 1.91 bits per heavy atom. The molecule has 2 heterocycles. The molecule has 0 unspecified atom stereocenters. The highest BCUT2D eigenvalue weighted by Gasteiger charge is 1.82. The van der Waals surface area contributed by atoms with E-state index in [1.165, 1.54) is 0 Å². The van der Waals surface area contributed by atoms with Gasteiger partial charge < -0.3 is 10.3 Å². The van der Waals surface area contributed by atoms with Crippen LogP contribution in [0.5, 0.6) is 0 Å². The van der Waals surface area contributed by atoms with Gasteiger partial charge in [0.1, 0.15) is 0 Å². The number of H-pyrrole nitrogens is 1. The molecule has 3 nitrogen and oxygen atoms in total. The monoisotopic (exact) mass is 153 g/mol. The lowest BCUT2D eigenvalue weighted by Crippen LogP contribution is -2.04. The van der Waals surface area contributed by atoms with Gasteiger partial charge in [0.05, 0.1) is 12.9 Å². The molecule has 0 radical (unpaired) electrons. The summed E-state index contributed by atoms with van der Waals surface area (Å²) in [6.07, 6.45) is 5.49. The number of nitrogens with zero attached hydrogens (tertiary/aromatic N) is 1. The van der Waals surface area contributed by atoms with Gasteiger partial charge in [-0.15, -0.1) is 0 Å². The van der Waals surface area contributed by atoms with Gasteiger partial charge >= 0.3 is 0 Å². The fourth-order valence-corrected chi connectivity index (χ4v) is 0.601. The Labute approximate surface area is 67.6 Å². The zero-order valence-corrected chi connectivity index (χ0v) is 5.75. The first kappa shape index (κ1) is 9.75. The maximum atomic E-state index is 3.85. The number of hydrogen-bond donors (Lipinski definition) is 2. The van der Waals surface area contributed by atoms with E-state index < -0.39 is 0 Å². The summed E-state index contributed by atoms with van der Waals surface area (Å²) in [5.74, 6) is 0. The van der Waals surface area contributed by atoms with Gasteiger partial charge in [0.15, 0.2) is 0 Å². The molecule has 3 heteroatoms. The fourth-order valence-electron chi connectivity index (χ4n) is 0.601. The van der Waals surface area contributed by atoms with Crippen LogP contribution in [0.25, 0.3) is 0 Å². The molecule has 0 aliphatic carbocycles. The highest BCUT2D eigenvalue weighted by Crippen LogP contribution is 1.72. The first-order chi connectivity index (χ1) is 5.00. The highest BCUT2D eigenvalue weighted by atomic mass is 15.0. The molecular weight excluding hydrogens is 138 g/mol. The fraction of sp³-hybridized carbons (Fsp3) is 0.375. The van der Waals surface area contributed by atoms with Crippen molar-refractivity contribution >= 4 is 6.34 Å². The molecule has 0 bridgehead atoms. The van der Waals surface area contributed by atoms with E-state index in [1.807, 2.05) is 24.5 Å². The summed E-state index contributed by atoms with van der Waals surface area (Å²) in [6.45, 7) is 1.99. The zero-order chi connectivity index (χ0) is 7.07. The van der Waals surface area contributed by atoms with Crippen molar-refractivity contribution in [3.05, 3.63) is 24.5 Å². The van der Waals surface area contributed by atoms with Crippen molar-refractivity contribution in [1.82, 2.24) is 10.3 Å². The minimum absolute atomic E-state index is 0. The lowest BCUT2D eigenvalue weighted by atomic mass is 10.7. The molecule has 0 saturated carbocycles. The van der Waals surface area contributed by atoms with Crippen molar-refractivity contribution in [2.75, 3.05) is 13.1 Å². The van der Waals surface area contributed by atoms with Crippen LogP contribution >= 0.6 is 0 Å². The molecule has 0 aromatic carbocycles. The molecule has 0 fully saturated rings. The van der Waals surface area contributed by atoms with Gasteiger partial charge in [0, 0.05) is 18.9 Å². The highest BCUT2D eigenvalue weighted by molar-refractivity contribution is 5.56. The van der Waals surface area contributed by atoms with E-state index >= 15 is 0 Å². The summed E-state index contributed by atoms with van der Waals surface area (Å²) in [4.78, 5) is 6.71. The molecule has 1 aliphatic heterocycles. The van der Waals surface area contributed by atoms with Gasteiger partial charge in [-0.3, -0.25) is 4.99 Å². The van der Waals surface area contributed by atoms with Crippen molar-refractivity contribution in [3.8, 4) is 0 Å². The third-order valence-corrected chi connectivity index (χ3v) is 1.06. The molecule has 0 atom stereocenters. The summed E-state index contributed by atoms with van der Waals surface area (Å²) in [5, 5.41) is 2.93. The number of hydrogen-bond acceptors (Lipinski definition) is 2. The van der Waals surface area contributed by atoms with E-state index in [4.69, 9.17) is 0 Å². The van der Waals surface area contributed by atoms with Crippen LogP contribution in [0.15, 0.2) is 29.5 Å². The lowest BCUT2D eigenvalue weighted by molar-refractivity contribution is 0.965. The third-order valence-electron chi connectivity index (χ3n) is 1.06. The predicted octanol–water partition coefficient (Wildman–Crippen LogP) is 1.27. The molecule has 11 heavy (non-hydrogen) atoms. The number of aromatic amines is 1. The van der Waals surface area contributed by atoms with E-state index in [1.54, 1.807) is 6.34 Å². The first-order valence-corrected chi connectivity index (χ1v) is 3.29. The summed E-state index contributed by atoms with van der Waals surface area (Å²) >= 11 is 0. The molecule has 0 saturated heterocycles. The largest absolute Gasteiger partial charge is 0.375 e. The average Bonchev–Trinajstić information content (AvgIpc) is 2.67. The van der Waals surface area contributed by atoms with Crippen molar-refractivity contribution in [1.29, 1.82) is 0 Å². The molecule has 0 amide bonds. The van der Waals surface area contributed by atoms with Crippen molar-refractivity contribution in [2.45, 2.75) is 7.43 Å². The Bertz CT molecular complexity index is 144. The zero-order valence-electron chi connectivity index (χ0n) is 5.75. The van der Waals surface area contributed by atoms with Crippen LogP contribution in [-0.2, 0) is 0 Å². The Hall–Kier alpha value is -1.25. The third kappa shape index (κ3) is 5.21. The van der Waals surface area contributed by atoms with Gasteiger partial charge in [0.25, 0.3) is 0 Å². The van der Waals surface area contributed by atoms with E-state index in [2.05, 4.69) is 15.3 Å². The molecule has 1 aromatic rings. The van der Waals surface area contributed by atoms with Gasteiger partial charge in [-0.25, -0.2) is 0 Å². The van der Waals surface area contributed by atoms with Crippen LogP contribution < -0.4 is 5.32 Å². The minimum Gasteiger partial charge on any atom is -0.375 e. The summed E-state index contributed by atoms with van der Waals surface area (Å²) in [5.41, 5.74) is 0. The second-order valence-electron chi connectivity index (χ2n) is 1.87. The van der Waals surface area contributed by atoms with Crippen molar-refractivity contribution in [3.63, 3.8) is 0 Å². The number of rotatable bonds is 0. The number of nitrogens with one attached hydrogen (secondary N) is 2. The van der Waals surface area contributed by atoms with Gasteiger partial charge in [-0.05, 0) is 12.1 Å². The minimum atomic E-state index is 0. The van der Waals surface area contributed by atoms with Crippen LogP contribution in [0.1, 0.15) is 7.43 Å². The molecular formula is C8H15N3. The van der Waals surface area contributed by atoms with Crippen molar-refractivity contribution in [2.24, 2.45) is 4.99 Å². The molecule has 2 rings (SSSR count). The van der Waals surface area contributed by atoms with Crippen LogP contribution in [-0.4, -0.2) is 24.4 Å². The standard InChI is InChI=1S/C4H5N.C3H6N2.CH4/c1-2-4-5-3-1;1-2-5-3-4-1;/h1-5H;3H,1-2H2,(H,4,5);1H4. The van der Waals surface area contributed by atoms with Gasteiger partial charge in [-0.2, -0.15) is 0 Å². The average molecular weight is 153 g/mol. The van der Waals surface area contributed by atoms with Crippen molar-refractivity contribution < 1.29 is 0 Å². The topological polar surface area (TPSA) is 40.2 Å². The van der Waals surface area contributed by atoms with Crippen LogP contribution in [0.2, 0.25) is 0 Å². The maximum absolute atomic E-state index is 3.85. The lowest BCUT2D eigenvalue weighted by Gasteiger charge is -1.75. The SMILES string of the molecule is C.C1=NCCN1.c1cc[nH]c1. The quantitative estimate of drug-likeness (QED) is 0.579. The normalized spacial score (nSPS) is 12.4. The Morgan fingerprint density at radius 3 is 2.09 bits per heavy atom. The van der Waals surface area contributed by atoms with E-state index in [-0.39, 0.29) is 7.43 Å². The number of aromatic nitrogens is 1. The van der Waals surface area contributed by atoms with E-state index in [9.17, 15) is 0 Å². The maximum Gasteiger partial charge on any atom is 0.0825 e. The predicted molar refractivity (Wildman–Crippen MR) is 48.9 cm³/mol. The van der Waals surface area contributed by atoms with Gasteiger partial charge in [0.2, 0.25) is 0 Å². The molecule has 2 N–H and O–H groups in total. The second kappa shape index (κ2) is 6.86. The molecule has 1 aliphatic rings. The molecule has 62 valence electrons. The smallest absolute Gasteiger partial charge is 0.0825 e. The van der Waals surface area contributed by atoms with E-state index in [0.717, 1.165) is 13.1 Å². The Balaban J connectivity index is 0.000000167. The summed E-state index contributed by atoms with van der Waals surface area (Å²) < 4.78 is 0. The van der Waals surface area contributed by atoms with Crippen LogP contribution in [0, 0.1) is 0 Å². The van der Waals surface area contributed by atoms with Gasteiger partial charge in [-0.1, -0.05) is 7.43 Å². The second-order valence-corrected chi connectivity index (χ2v) is 1.87.